The Morgan fingerprint density at radius 2 is 2.05 bits per heavy atom. The van der Waals surface area contributed by atoms with Gasteiger partial charge in [0.2, 0.25) is 0 Å². The van der Waals surface area contributed by atoms with Crippen LogP contribution in [0.4, 0.5) is 5.88 Å². The van der Waals surface area contributed by atoms with Crippen LogP contribution in [0.15, 0.2) is 40.8 Å². The molecule has 112 valence electrons. The number of allylic oxidation sites excluding steroid dienone is 1. The zero-order chi connectivity index (χ0) is 15.4. The highest BCUT2D eigenvalue weighted by Gasteiger charge is 2.14. The molecule has 3 rings (SSSR count). The Labute approximate surface area is 134 Å². The number of hydrogen-bond donors (Lipinski definition) is 0. The van der Waals surface area contributed by atoms with Crippen LogP contribution in [-0.2, 0) is 4.74 Å². The lowest BCUT2D eigenvalue weighted by Gasteiger charge is -2.26. The van der Waals surface area contributed by atoms with Crippen LogP contribution in [0.25, 0.3) is 11.6 Å². The van der Waals surface area contributed by atoms with E-state index in [9.17, 15) is 5.26 Å². The first kappa shape index (κ1) is 14.7. The third kappa shape index (κ3) is 3.33. The lowest BCUT2D eigenvalue weighted by atomic mass is 10.1. The fourth-order valence-corrected chi connectivity index (χ4v) is 2.54. The van der Waals surface area contributed by atoms with Crippen LogP contribution < -0.4 is 4.90 Å². The van der Waals surface area contributed by atoms with Gasteiger partial charge in [-0.2, -0.15) is 5.26 Å². The van der Waals surface area contributed by atoms with Crippen molar-refractivity contribution >= 4 is 29.1 Å². The summed E-state index contributed by atoms with van der Waals surface area (Å²) in [6.45, 7) is 3.04. The third-order valence-corrected chi connectivity index (χ3v) is 3.71. The monoisotopic (exact) mass is 314 g/mol. The molecular formula is C17H15ClN2O2. The van der Waals surface area contributed by atoms with Crippen molar-refractivity contribution < 1.29 is 9.15 Å². The van der Waals surface area contributed by atoms with Crippen molar-refractivity contribution in [1.29, 1.82) is 5.26 Å². The fourth-order valence-electron chi connectivity index (χ4n) is 2.35. The van der Waals surface area contributed by atoms with E-state index < -0.39 is 0 Å². The number of nitriles is 1. The van der Waals surface area contributed by atoms with Crippen LogP contribution in [-0.4, -0.2) is 26.3 Å². The third-order valence-electron chi connectivity index (χ3n) is 3.48. The maximum atomic E-state index is 9.36. The Bertz CT molecular complexity index is 724. The molecule has 0 radical (unpaired) electrons. The summed E-state index contributed by atoms with van der Waals surface area (Å²) in [6.07, 6.45) is 1.73. The van der Waals surface area contributed by atoms with E-state index in [1.807, 2.05) is 24.3 Å². The minimum absolute atomic E-state index is 0.519. The highest BCUT2D eigenvalue weighted by atomic mass is 35.5. The molecule has 2 aromatic rings. The van der Waals surface area contributed by atoms with E-state index in [0.717, 1.165) is 24.5 Å². The van der Waals surface area contributed by atoms with E-state index in [1.165, 1.54) is 0 Å². The van der Waals surface area contributed by atoms with Gasteiger partial charge in [0.05, 0.1) is 24.9 Å². The molecule has 1 fully saturated rings. The van der Waals surface area contributed by atoms with E-state index in [1.54, 1.807) is 18.2 Å². The number of benzene rings is 1. The second-order valence-corrected chi connectivity index (χ2v) is 5.39. The number of hydrogen-bond acceptors (Lipinski definition) is 4. The predicted molar refractivity (Wildman–Crippen MR) is 86.7 cm³/mol. The molecule has 0 saturated carbocycles. The smallest absolute Gasteiger partial charge is 0.196 e. The minimum Gasteiger partial charge on any atom is -0.441 e. The van der Waals surface area contributed by atoms with Gasteiger partial charge in [0.1, 0.15) is 5.76 Å². The summed E-state index contributed by atoms with van der Waals surface area (Å²) >= 11 is 5.98. The quantitative estimate of drug-likeness (QED) is 0.808. The number of nitrogens with zero attached hydrogens (tertiary/aromatic N) is 2. The molecule has 1 aromatic carbocycles. The molecule has 0 bridgehead atoms. The fraction of sp³-hybridized carbons (Fsp3) is 0.235. The van der Waals surface area contributed by atoms with Crippen LogP contribution in [0.2, 0.25) is 5.02 Å². The highest BCUT2D eigenvalue weighted by Crippen LogP contribution is 2.25. The molecule has 2 heterocycles. The van der Waals surface area contributed by atoms with Crippen molar-refractivity contribution in [1.82, 2.24) is 0 Å². The number of morpholine rings is 1. The van der Waals surface area contributed by atoms with E-state index in [2.05, 4.69) is 11.0 Å². The van der Waals surface area contributed by atoms with Gasteiger partial charge in [-0.3, -0.25) is 0 Å². The van der Waals surface area contributed by atoms with Crippen LogP contribution in [0.1, 0.15) is 11.3 Å². The molecule has 5 heteroatoms. The molecule has 0 aliphatic carbocycles. The van der Waals surface area contributed by atoms with Crippen LogP contribution >= 0.6 is 11.6 Å². The second kappa shape index (κ2) is 6.69. The van der Waals surface area contributed by atoms with E-state index >= 15 is 0 Å². The van der Waals surface area contributed by atoms with Crippen molar-refractivity contribution in [2.24, 2.45) is 0 Å². The van der Waals surface area contributed by atoms with Crippen molar-refractivity contribution in [3.63, 3.8) is 0 Å². The first-order valence-electron chi connectivity index (χ1n) is 7.06. The zero-order valence-electron chi connectivity index (χ0n) is 12.0. The number of halogens is 1. The topological polar surface area (TPSA) is 49.4 Å². The molecule has 1 aliphatic heterocycles. The first-order chi connectivity index (χ1) is 10.8. The van der Waals surface area contributed by atoms with Gasteiger partial charge in [0, 0.05) is 24.2 Å². The van der Waals surface area contributed by atoms with Gasteiger partial charge in [-0.15, -0.1) is 0 Å². The van der Waals surface area contributed by atoms with Crippen molar-refractivity contribution in [3.8, 4) is 6.07 Å². The Hall–Kier alpha value is -2.22. The average molecular weight is 315 g/mol. The molecule has 1 saturated heterocycles. The molecule has 22 heavy (non-hydrogen) atoms. The molecular weight excluding hydrogens is 300 g/mol. The maximum Gasteiger partial charge on any atom is 0.196 e. The summed E-state index contributed by atoms with van der Waals surface area (Å²) < 4.78 is 11.1. The predicted octanol–water partition coefficient (Wildman–Crippen LogP) is 3.83. The van der Waals surface area contributed by atoms with Gasteiger partial charge in [0.15, 0.2) is 5.88 Å². The van der Waals surface area contributed by atoms with Crippen LogP contribution in [0.3, 0.4) is 0 Å². The summed E-state index contributed by atoms with van der Waals surface area (Å²) in [6, 6.07) is 13.2. The largest absolute Gasteiger partial charge is 0.441 e. The standard InChI is InChI=1S/C17H15ClN2O2/c18-15-3-1-2-13(10-15)14(12-19)11-16-4-5-17(22-16)20-6-8-21-9-7-20/h1-5,10-11H,6-9H2. The zero-order valence-corrected chi connectivity index (χ0v) is 12.7. The Morgan fingerprint density at radius 3 is 2.77 bits per heavy atom. The molecule has 0 unspecified atom stereocenters. The van der Waals surface area contributed by atoms with Crippen molar-refractivity contribution in [2.75, 3.05) is 31.2 Å². The van der Waals surface area contributed by atoms with Crippen LogP contribution in [0.5, 0.6) is 0 Å². The van der Waals surface area contributed by atoms with Gasteiger partial charge in [0.25, 0.3) is 0 Å². The Morgan fingerprint density at radius 1 is 1.23 bits per heavy atom. The first-order valence-corrected chi connectivity index (χ1v) is 7.44. The van der Waals surface area contributed by atoms with Gasteiger partial charge >= 0.3 is 0 Å². The molecule has 4 nitrogen and oxygen atoms in total. The summed E-state index contributed by atoms with van der Waals surface area (Å²) in [4.78, 5) is 2.13. The minimum atomic E-state index is 0.519. The van der Waals surface area contributed by atoms with Gasteiger partial charge in [-0.05, 0) is 29.8 Å². The number of furan rings is 1. The highest BCUT2D eigenvalue weighted by molar-refractivity contribution is 6.30. The van der Waals surface area contributed by atoms with E-state index in [0.29, 0.717) is 29.6 Å². The SMILES string of the molecule is N#CC(=Cc1ccc(N2CCOCC2)o1)c1cccc(Cl)c1. The molecule has 0 amide bonds. The summed E-state index contributed by atoms with van der Waals surface area (Å²) in [5.41, 5.74) is 1.30. The van der Waals surface area contributed by atoms with Crippen LogP contribution in [0, 0.1) is 11.3 Å². The lowest BCUT2D eigenvalue weighted by molar-refractivity contribution is 0.120. The number of rotatable bonds is 3. The summed E-state index contributed by atoms with van der Waals surface area (Å²) in [5, 5.41) is 9.96. The normalized spacial score (nSPS) is 15.6. The van der Waals surface area contributed by atoms with E-state index in [-0.39, 0.29) is 0 Å². The van der Waals surface area contributed by atoms with Crippen molar-refractivity contribution in [2.45, 2.75) is 0 Å². The average Bonchev–Trinajstić information content (AvgIpc) is 3.02. The van der Waals surface area contributed by atoms with Gasteiger partial charge in [-0.25, -0.2) is 0 Å². The Kier molecular flexibility index (Phi) is 4.47. The Balaban J connectivity index is 1.84. The molecule has 0 atom stereocenters. The number of anilines is 1. The van der Waals surface area contributed by atoms with Gasteiger partial charge < -0.3 is 14.1 Å². The van der Waals surface area contributed by atoms with Gasteiger partial charge in [-0.1, -0.05) is 23.7 Å². The molecule has 0 spiro atoms. The lowest BCUT2D eigenvalue weighted by Crippen LogP contribution is -2.35. The molecule has 1 aliphatic rings. The molecule has 0 N–H and O–H groups in total. The maximum absolute atomic E-state index is 9.36. The second-order valence-electron chi connectivity index (χ2n) is 4.96. The van der Waals surface area contributed by atoms with E-state index in [4.69, 9.17) is 20.8 Å². The summed E-state index contributed by atoms with van der Waals surface area (Å²) in [7, 11) is 0. The van der Waals surface area contributed by atoms with Crippen molar-refractivity contribution in [3.05, 3.63) is 52.7 Å². The number of ether oxygens (including phenoxy) is 1. The molecule has 1 aromatic heterocycles. The summed E-state index contributed by atoms with van der Waals surface area (Å²) in [5.74, 6) is 1.45.